The molecule has 0 bridgehead atoms. The molecule has 0 saturated carbocycles. The monoisotopic (exact) mass is 366 g/mol. The van der Waals surface area contributed by atoms with E-state index in [2.05, 4.69) is 13.8 Å². The number of ether oxygens (including phenoxy) is 1. The first-order chi connectivity index (χ1) is 12.9. The van der Waals surface area contributed by atoms with Crippen molar-refractivity contribution in [1.82, 2.24) is 4.90 Å². The number of para-hydroxylation sites is 2. The molecule has 0 unspecified atom stereocenters. The van der Waals surface area contributed by atoms with Crippen LogP contribution in [-0.4, -0.2) is 29.4 Å². The maximum atomic E-state index is 12.8. The Morgan fingerprint density at radius 2 is 1.59 bits per heavy atom. The Morgan fingerprint density at radius 1 is 0.926 bits per heavy atom. The van der Waals surface area contributed by atoms with Crippen LogP contribution in [0.25, 0.3) is 0 Å². The Hall–Kier alpha value is -3.15. The van der Waals surface area contributed by atoms with Crippen molar-refractivity contribution in [2.24, 2.45) is 0 Å². The lowest BCUT2D eigenvalue weighted by molar-refractivity contribution is -0.139. The zero-order valence-electron chi connectivity index (χ0n) is 15.6. The number of carbonyl (C=O) groups is 3. The number of nitrogens with zero attached hydrogens (tertiary/aromatic N) is 2. The molecule has 6 heteroatoms. The zero-order valence-corrected chi connectivity index (χ0v) is 15.6. The van der Waals surface area contributed by atoms with E-state index in [1.165, 1.54) is 5.56 Å². The van der Waals surface area contributed by atoms with Gasteiger partial charge in [0.25, 0.3) is 0 Å². The summed E-state index contributed by atoms with van der Waals surface area (Å²) < 4.78 is 5.49. The first kappa shape index (κ1) is 18.6. The molecule has 27 heavy (non-hydrogen) atoms. The van der Waals surface area contributed by atoms with Gasteiger partial charge in [0.15, 0.2) is 0 Å². The average molecular weight is 366 g/mol. The van der Waals surface area contributed by atoms with Crippen molar-refractivity contribution in [1.29, 1.82) is 0 Å². The SMILES string of the molecule is CCOc1ccccc1N1C(=O)C(=O)N(Cc2ccc(C(C)C)cc2)C1=O. The van der Waals surface area contributed by atoms with Gasteiger partial charge in [0, 0.05) is 0 Å². The minimum absolute atomic E-state index is 0.0507. The third kappa shape index (κ3) is 3.56. The molecule has 140 valence electrons. The number of hydrogen-bond donors (Lipinski definition) is 0. The predicted octanol–water partition coefficient (Wildman–Crippen LogP) is 3.70. The fourth-order valence-corrected chi connectivity index (χ4v) is 2.97. The van der Waals surface area contributed by atoms with E-state index in [1.54, 1.807) is 24.3 Å². The number of imide groups is 2. The number of hydrogen-bond acceptors (Lipinski definition) is 4. The van der Waals surface area contributed by atoms with Crippen LogP contribution < -0.4 is 9.64 Å². The third-order valence-electron chi connectivity index (χ3n) is 4.45. The molecular formula is C21H22N2O4. The molecule has 2 aromatic carbocycles. The Kier molecular flexibility index (Phi) is 5.26. The van der Waals surface area contributed by atoms with Crippen molar-refractivity contribution in [3.63, 3.8) is 0 Å². The standard InChI is InChI=1S/C21H22N2O4/c1-4-27-18-8-6-5-7-17(18)23-20(25)19(24)22(21(23)26)13-15-9-11-16(12-10-15)14(2)3/h5-12,14H,4,13H2,1-3H3. The van der Waals surface area contributed by atoms with E-state index in [1.807, 2.05) is 31.2 Å². The Morgan fingerprint density at radius 3 is 2.22 bits per heavy atom. The minimum atomic E-state index is -0.869. The first-order valence-electron chi connectivity index (χ1n) is 8.94. The summed E-state index contributed by atoms with van der Waals surface area (Å²) >= 11 is 0. The molecule has 2 aromatic rings. The van der Waals surface area contributed by atoms with E-state index < -0.39 is 17.8 Å². The van der Waals surface area contributed by atoms with Crippen LogP contribution in [0.2, 0.25) is 0 Å². The van der Waals surface area contributed by atoms with Crippen LogP contribution in [-0.2, 0) is 16.1 Å². The molecule has 1 heterocycles. The number of anilines is 1. The molecule has 6 nitrogen and oxygen atoms in total. The number of urea groups is 1. The molecule has 1 saturated heterocycles. The molecule has 3 rings (SSSR count). The Labute approximate surface area is 158 Å². The summed E-state index contributed by atoms with van der Waals surface area (Å²) in [7, 11) is 0. The topological polar surface area (TPSA) is 66.9 Å². The van der Waals surface area contributed by atoms with Crippen molar-refractivity contribution in [3.05, 3.63) is 59.7 Å². The summed E-state index contributed by atoms with van der Waals surface area (Å²) in [5, 5.41) is 0. The molecule has 1 aliphatic heterocycles. The van der Waals surface area contributed by atoms with Crippen molar-refractivity contribution in [2.45, 2.75) is 33.2 Å². The van der Waals surface area contributed by atoms with Gasteiger partial charge in [0.05, 0.1) is 18.8 Å². The van der Waals surface area contributed by atoms with Gasteiger partial charge in [-0.25, -0.2) is 9.69 Å². The molecule has 0 radical (unpaired) electrons. The maximum Gasteiger partial charge on any atom is 0.339 e. The van der Waals surface area contributed by atoms with Crippen molar-refractivity contribution in [2.75, 3.05) is 11.5 Å². The molecule has 0 N–H and O–H groups in total. The van der Waals surface area contributed by atoms with E-state index in [9.17, 15) is 14.4 Å². The van der Waals surface area contributed by atoms with Gasteiger partial charge < -0.3 is 4.74 Å². The van der Waals surface area contributed by atoms with Gasteiger partial charge in [-0.2, -0.15) is 0 Å². The fraction of sp³-hybridized carbons (Fsp3) is 0.286. The largest absolute Gasteiger partial charge is 0.492 e. The van der Waals surface area contributed by atoms with E-state index >= 15 is 0 Å². The lowest BCUT2D eigenvalue weighted by Gasteiger charge is -2.18. The molecule has 4 amide bonds. The Bertz CT molecular complexity index is 874. The lowest BCUT2D eigenvalue weighted by atomic mass is 10.0. The third-order valence-corrected chi connectivity index (χ3v) is 4.45. The second kappa shape index (κ2) is 7.61. The molecular weight excluding hydrogens is 344 g/mol. The molecule has 0 atom stereocenters. The number of benzene rings is 2. The second-order valence-corrected chi connectivity index (χ2v) is 6.61. The van der Waals surface area contributed by atoms with Gasteiger partial charge >= 0.3 is 17.8 Å². The Balaban J connectivity index is 1.86. The summed E-state index contributed by atoms with van der Waals surface area (Å²) in [5.41, 5.74) is 2.23. The lowest BCUT2D eigenvalue weighted by Crippen LogP contribution is -2.33. The predicted molar refractivity (Wildman–Crippen MR) is 102 cm³/mol. The number of rotatable bonds is 6. The quantitative estimate of drug-likeness (QED) is 0.577. The van der Waals surface area contributed by atoms with E-state index in [4.69, 9.17) is 4.74 Å². The highest BCUT2D eigenvalue weighted by Crippen LogP contribution is 2.32. The summed E-state index contributed by atoms with van der Waals surface area (Å²) in [5.74, 6) is -0.927. The minimum Gasteiger partial charge on any atom is -0.492 e. The highest BCUT2D eigenvalue weighted by atomic mass is 16.5. The molecule has 0 aromatic heterocycles. The fourth-order valence-electron chi connectivity index (χ4n) is 2.97. The normalized spacial score (nSPS) is 14.4. The number of carbonyl (C=O) groups excluding carboxylic acids is 3. The van der Waals surface area contributed by atoms with Gasteiger partial charge in [-0.15, -0.1) is 0 Å². The van der Waals surface area contributed by atoms with Crippen molar-refractivity contribution >= 4 is 23.5 Å². The van der Waals surface area contributed by atoms with Crippen LogP contribution in [0, 0.1) is 0 Å². The van der Waals surface area contributed by atoms with Gasteiger partial charge in [-0.05, 0) is 36.1 Å². The average Bonchev–Trinajstić information content (AvgIpc) is 2.86. The van der Waals surface area contributed by atoms with Crippen LogP contribution >= 0.6 is 0 Å². The highest BCUT2D eigenvalue weighted by molar-refractivity contribution is 6.52. The van der Waals surface area contributed by atoms with Gasteiger partial charge in [-0.1, -0.05) is 50.2 Å². The van der Waals surface area contributed by atoms with Crippen LogP contribution in [0.1, 0.15) is 37.8 Å². The van der Waals surface area contributed by atoms with E-state index in [-0.39, 0.29) is 12.2 Å². The second-order valence-electron chi connectivity index (χ2n) is 6.61. The van der Waals surface area contributed by atoms with E-state index in [0.29, 0.717) is 18.3 Å². The first-order valence-corrected chi connectivity index (χ1v) is 8.94. The zero-order chi connectivity index (χ0) is 19.6. The molecule has 1 fully saturated rings. The van der Waals surface area contributed by atoms with Crippen LogP contribution in [0.15, 0.2) is 48.5 Å². The highest BCUT2D eigenvalue weighted by Gasteiger charge is 2.46. The molecule has 1 aliphatic rings. The van der Waals surface area contributed by atoms with Crippen molar-refractivity contribution in [3.8, 4) is 5.75 Å². The number of amides is 4. The maximum absolute atomic E-state index is 12.8. The van der Waals surface area contributed by atoms with E-state index in [0.717, 1.165) is 15.4 Å². The van der Waals surface area contributed by atoms with Crippen LogP contribution in [0.5, 0.6) is 5.75 Å². The van der Waals surface area contributed by atoms with Gasteiger partial charge in [-0.3, -0.25) is 14.5 Å². The van der Waals surface area contributed by atoms with Crippen molar-refractivity contribution < 1.29 is 19.1 Å². The summed E-state index contributed by atoms with van der Waals surface area (Å²) in [6.45, 7) is 6.43. The van der Waals surface area contributed by atoms with Gasteiger partial charge in [0.2, 0.25) is 0 Å². The summed E-state index contributed by atoms with van der Waals surface area (Å²) in [6.07, 6.45) is 0. The van der Waals surface area contributed by atoms with Gasteiger partial charge in [0.1, 0.15) is 5.75 Å². The smallest absolute Gasteiger partial charge is 0.339 e. The van der Waals surface area contributed by atoms with Crippen LogP contribution in [0.4, 0.5) is 10.5 Å². The molecule has 0 aliphatic carbocycles. The molecule has 0 spiro atoms. The summed E-state index contributed by atoms with van der Waals surface area (Å²) in [4.78, 5) is 39.6. The summed E-state index contributed by atoms with van der Waals surface area (Å²) in [6, 6.07) is 13.7. The van der Waals surface area contributed by atoms with Crippen LogP contribution in [0.3, 0.4) is 0 Å².